The lowest BCUT2D eigenvalue weighted by Crippen LogP contribution is -2.25. The van der Waals surface area contributed by atoms with Crippen LogP contribution in [0.25, 0.3) is 122 Å². The lowest BCUT2D eigenvalue weighted by atomic mass is 9.98. The second-order valence-electron chi connectivity index (χ2n) is 21.7. The number of rotatable bonds is 12. The quantitative estimate of drug-likeness (QED) is 0.116. The highest BCUT2D eigenvalue weighted by Gasteiger charge is 2.30. The highest BCUT2D eigenvalue weighted by molar-refractivity contribution is 7.92. The van der Waals surface area contributed by atoms with Crippen LogP contribution in [0.5, 0.6) is 0 Å². The van der Waals surface area contributed by atoms with Gasteiger partial charge in [0, 0.05) is 102 Å². The summed E-state index contributed by atoms with van der Waals surface area (Å²) in [6.45, 7) is 1.69. The van der Waals surface area contributed by atoms with Gasteiger partial charge in [0.05, 0.1) is 79.5 Å². The number of furan rings is 2. The summed E-state index contributed by atoms with van der Waals surface area (Å²) in [6.07, 6.45) is 6.98. The molecule has 0 radical (unpaired) electrons. The SMILES string of the molecule is CNC(=O)c1c(-c2ccc(Cc3cc(F)c4cc5c6nc(-c7cc8c(C(=O)NC)c(-c9ccc(F)cc9C)oc8cc7N(C)S(C)(=O)=O)ccc6ncn5c4c3)nc2)oc2cc(N(C)S(C)(=O)=O)c(-c3ccc4ncn5c6cccc(F)c6cc5c4n3)cc12. The fourth-order valence-corrected chi connectivity index (χ4v) is 12.7. The number of aryl methyl sites for hydroxylation is 1. The summed E-state index contributed by atoms with van der Waals surface area (Å²) < 4.78 is 117. The van der Waals surface area contributed by atoms with Crippen LogP contribution in [0, 0.1) is 24.4 Å². The van der Waals surface area contributed by atoms with Gasteiger partial charge in [-0.05, 0) is 121 Å². The molecule has 89 heavy (non-hydrogen) atoms. The summed E-state index contributed by atoms with van der Waals surface area (Å²) in [5.74, 6) is -2.11. The maximum atomic E-state index is 16.5. The molecule has 0 saturated carbocycles. The van der Waals surface area contributed by atoms with Crippen molar-refractivity contribution in [2.45, 2.75) is 13.3 Å². The molecule has 0 unspecified atom stereocenters. The molecule has 9 aromatic heterocycles. The number of hydrogen-bond acceptors (Lipinski definition) is 13. The van der Waals surface area contributed by atoms with Crippen molar-refractivity contribution in [2.75, 3.05) is 49.3 Å². The molecule has 0 aliphatic heterocycles. The Balaban J connectivity index is 0.829. The van der Waals surface area contributed by atoms with Crippen molar-refractivity contribution in [3.05, 3.63) is 186 Å². The Morgan fingerprint density at radius 3 is 1.65 bits per heavy atom. The van der Waals surface area contributed by atoms with Gasteiger partial charge in [-0.2, -0.15) is 0 Å². The topological polar surface area (TPSA) is 233 Å². The highest BCUT2D eigenvalue weighted by atomic mass is 32.2. The van der Waals surface area contributed by atoms with Crippen LogP contribution < -0.4 is 19.2 Å². The van der Waals surface area contributed by atoms with Crippen molar-refractivity contribution in [2.24, 2.45) is 0 Å². The van der Waals surface area contributed by atoms with E-state index in [4.69, 9.17) is 28.8 Å². The molecule has 24 heteroatoms. The molecule has 0 fully saturated rings. The number of nitrogens with zero attached hydrogens (tertiary/aromatic N) is 9. The van der Waals surface area contributed by atoms with Crippen LogP contribution in [0.2, 0.25) is 0 Å². The van der Waals surface area contributed by atoms with Crippen LogP contribution in [-0.4, -0.2) is 103 Å². The van der Waals surface area contributed by atoms with E-state index in [0.717, 1.165) is 21.1 Å². The number of hydrogen-bond donors (Lipinski definition) is 2. The average Bonchev–Trinajstić information content (AvgIpc) is 1.67. The van der Waals surface area contributed by atoms with Gasteiger partial charge in [-0.1, -0.05) is 6.07 Å². The maximum absolute atomic E-state index is 16.5. The fraction of sp³-hybridized carbons (Fsp3) is 0.123. The molecule has 0 aliphatic rings. The molecule has 0 aliphatic carbocycles. The number of fused-ring (bicyclic) bond motifs is 12. The van der Waals surface area contributed by atoms with E-state index in [1.807, 2.05) is 6.07 Å². The third-order valence-electron chi connectivity index (χ3n) is 16.3. The number of carbonyl (C=O) groups is 2. The third kappa shape index (κ3) is 9.19. The van der Waals surface area contributed by atoms with E-state index in [1.54, 1.807) is 101 Å². The molecule has 0 bridgehead atoms. The number of amides is 2. The molecule has 2 amide bonds. The molecule has 0 saturated heterocycles. The van der Waals surface area contributed by atoms with Gasteiger partial charge in [0.25, 0.3) is 11.8 Å². The van der Waals surface area contributed by atoms with Gasteiger partial charge in [-0.3, -0.25) is 32.0 Å². The normalized spacial score (nSPS) is 12.2. The highest BCUT2D eigenvalue weighted by Crippen LogP contribution is 2.45. The predicted octanol–water partition coefficient (Wildman–Crippen LogP) is 11.8. The Kier molecular flexibility index (Phi) is 12.9. The predicted molar refractivity (Wildman–Crippen MR) is 336 cm³/mol. The van der Waals surface area contributed by atoms with Gasteiger partial charge in [-0.25, -0.2) is 49.9 Å². The van der Waals surface area contributed by atoms with E-state index in [9.17, 15) is 30.8 Å². The molecular formula is C65H48F3N11O8S2. The fourth-order valence-electron chi connectivity index (χ4n) is 11.7. The van der Waals surface area contributed by atoms with Gasteiger partial charge >= 0.3 is 0 Å². The number of anilines is 2. The zero-order valence-electron chi connectivity index (χ0n) is 48.2. The minimum absolute atomic E-state index is 0.142. The molecule has 0 atom stereocenters. The largest absolute Gasteiger partial charge is 0.455 e. The first-order valence-corrected chi connectivity index (χ1v) is 31.3. The van der Waals surface area contributed by atoms with Crippen molar-refractivity contribution >= 4 is 120 Å². The Labute approximate surface area is 503 Å². The van der Waals surface area contributed by atoms with Crippen LogP contribution >= 0.6 is 0 Å². The zero-order valence-corrected chi connectivity index (χ0v) is 49.9. The number of nitrogens with one attached hydrogen (secondary N) is 2. The van der Waals surface area contributed by atoms with Gasteiger partial charge in [0.15, 0.2) is 0 Å². The van der Waals surface area contributed by atoms with Crippen LogP contribution in [0.4, 0.5) is 24.5 Å². The lowest BCUT2D eigenvalue weighted by Gasteiger charge is -2.20. The van der Waals surface area contributed by atoms with Gasteiger partial charge in [-0.15, -0.1) is 0 Å². The number of benzene rings is 5. The van der Waals surface area contributed by atoms with Crippen molar-refractivity contribution in [1.29, 1.82) is 0 Å². The Morgan fingerprint density at radius 2 is 1.11 bits per heavy atom. The second-order valence-corrected chi connectivity index (χ2v) is 25.8. The molecular weight excluding hydrogens is 1180 g/mol. The minimum Gasteiger partial charge on any atom is -0.455 e. The molecule has 9 heterocycles. The number of sulfonamides is 2. The van der Waals surface area contributed by atoms with Crippen molar-refractivity contribution in [3.63, 3.8) is 0 Å². The Hall–Kier alpha value is -10.7. The standard InChI is InChI=1S/C65H48F3N11O8S2/c1-32-19-35(66)12-14-37(32)63-59(65(81)70-3)43-24-41(52(28-57(43)87-63)77(5)89(7,84)85)47-16-18-49-61(75-47)55-26-39-45(68)21-33(22-53(39)79(55)31-73-49)20-36-13-11-34(29-71-36)62-58(64(80)69-2)42-23-40(51(27-56(42)86-62)76(4)88(6,82)83)46-15-17-48-60(74-46)54-25-38-44(67)9-8-10-50(38)78(54)30-72-48/h8-19,21-31H,20H2,1-7H3,(H,69,80)(H,70,81). The first-order chi connectivity index (χ1) is 42.6. The number of carbonyl (C=O) groups excluding carboxylic acids is 2. The van der Waals surface area contributed by atoms with Crippen molar-refractivity contribution < 1.29 is 48.4 Å². The Bertz CT molecular complexity index is 5670. The van der Waals surface area contributed by atoms with E-state index >= 15 is 8.78 Å². The van der Waals surface area contributed by atoms with Crippen LogP contribution in [0.3, 0.4) is 0 Å². The summed E-state index contributed by atoms with van der Waals surface area (Å²) >= 11 is 0. The van der Waals surface area contributed by atoms with Crippen molar-refractivity contribution in [3.8, 4) is 45.2 Å². The van der Waals surface area contributed by atoms with E-state index in [2.05, 4.69) is 15.6 Å². The molecule has 5 aromatic carbocycles. The zero-order chi connectivity index (χ0) is 62.3. The van der Waals surface area contributed by atoms with E-state index < -0.39 is 49.3 Å². The number of halogens is 3. The number of aromatic nitrogens is 7. The Morgan fingerprint density at radius 1 is 0.562 bits per heavy atom. The van der Waals surface area contributed by atoms with Crippen LogP contribution in [0.15, 0.2) is 149 Å². The second kappa shape index (κ2) is 20.5. The van der Waals surface area contributed by atoms with Crippen molar-refractivity contribution in [1.82, 2.24) is 44.4 Å². The van der Waals surface area contributed by atoms with E-state index in [1.165, 1.54) is 76.9 Å². The summed E-state index contributed by atoms with van der Waals surface area (Å²) in [6, 6.07) is 32.1. The summed E-state index contributed by atoms with van der Waals surface area (Å²) in [5.41, 5.74) is 8.70. The van der Waals surface area contributed by atoms with E-state index in [0.29, 0.717) is 111 Å². The van der Waals surface area contributed by atoms with Crippen LogP contribution in [0.1, 0.15) is 37.5 Å². The lowest BCUT2D eigenvalue weighted by molar-refractivity contribution is 0.0956. The van der Waals surface area contributed by atoms with Gasteiger partial charge in [0.2, 0.25) is 20.0 Å². The number of pyridine rings is 3. The molecule has 14 aromatic rings. The molecule has 19 nitrogen and oxygen atoms in total. The van der Waals surface area contributed by atoms with Gasteiger partial charge < -0.3 is 19.5 Å². The first kappa shape index (κ1) is 56.1. The summed E-state index contributed by atoms with van der Waals surface area (Å²) in [5, 5.41) is 6.70. The maximum Gasteiger partial charge on any atom is 0.255 e. The van der Waals surface area contributed by atoms with Crippen LogP contribution in [-0.2, 0) is 26.5 Å². The smallest absolute Gasteiger partial charge is 0.255 e. The third-order valence-corrected chi connectivity index (χ3v) is 18.7. The summed E-state index contributed by atoms with van der Waals surface area (Å²) in [4.78, 5) is 51.7. The monoisotopic (exact) mass is 1230 g/mol. The average molecular weight is 1230 g/mol. The molecule has 14 rings (SSSR count). The van der Waals surface area contributed by atoms with E-state index in [-0.39, 0.29) is 57.0 Å². The van der Waals surface area contributed by atoms with Gasteiger partial charge in [0.1, 0.15) is 63.8 Å². The molecule has 444 valence electrons. The molecule has 0 spiro atoms. The minimum atomic E-state index is -3.89. The summed E-state index contributed by atoms with van der Waals surface area (Å²) in [7, 11) is -2.04. The molecule has 2 N–H and O–H groups in total. The first-order valence-electron chi connectivity index (χ1n) is 27.6.